The third-order valence-electron chi connectivity index (χ3n) is 4.00. The number of hydrogen-bond acceptors (Lipinski definition) is 5. The van der Waals surface area contributed by atoms with Crippen LogP contribution < -0.4 is 5.32 Å². The predicted molar refractivity (Wildman–Crippen MR) is 105 cm³/mol. The lowest BCUT2D eigenvalue weighted by molar-refractivity contribution is -0.142. The molecule has 2 N–H and O–H groups in total. The summed E-state index contributed by atoms with van der Waals surface area (Å²) >= 11 is 1.56. The van der Waals surface area contributed by atoms with Crippen LogP contribution in [0.5, 0.6) is 0 Å². The van der Waals surface area contributed by atoms with Gasteiger partial charge in [-0.25, -0.2) is 9.59 Å². The van der Waals surface area contributed by atoms with Gasteiger partial charge in [-0.1, -0.05) is 30.3 Å². The fourth-order valence-electron chi connectivity index (χ4n) is 2.59. The number of benzene rings is 2. The van der Waals surface area contributed by atoms with Crippen LogP contribution in [0.2, 0.25) is 0 Å². The number of carboxylic acids is 1. The van der Waals surface area contributed by atoms with E-state index in [1.54, 1.807) is 36.0 Å². The SMILES string of the molecule is COC(=O)[C@H](CCSC)NC(=O)c1ccc(C(=O)O)cc1-c1ccccc1. The van der Waals surface area contributed by atoms with Crippen LogP contribution in [0, 0.1) is 0 Å². The van der Waals surface area contributed by atoms with Crippen molar-refractivity contribution in [1.82, 2.24) is 5.32 Å². The first-order valence-corrected chi connectivity index (χ1v) is 9.67. The lowest BCUT2D eigenvalue weighted by Crippen LogP contribution is -2.42. The van der Waals surface area contributed by atoms with Crippen molar-refractivity contribution in [3.05, 3.63) is 59.7 Å². The Labute approximate surface area is 161 Å². The number of carbonyl (C=O) groups is 3. The van der Waals surface area contributed by atoms with E-state index in [0.717, 1.165) is 0 Å². The molecule has 0 spiro atoms. The Morgan fingerprint density at radius 2 is 1.85 bits per heavy atom. The molecule has 0 heterocycles. The van der Waals surface area contributed by atoms with Crippen LogP contribution in [0.1, 0.15) is 27.1 Å². The van der Waals surface area contributed by atoms with Crippen molar-refractivity contribution in [2.24, 2.45) is 0 Å². The number of thioether (sulfide) groups is 1. The molecule has 7 heteroatoms. The molecule has 0 fully saturated rings. The summed E-state index contributed by atoms with van der Waals surface area (Å²) in [5.74, 6) is -1.36. The van der Waals surface area contributed by atoms with E-state index in [0.29, 0.717) is 28.9 Å². The lowest BCUT2D eigenvalue weighted by atomic mass is 9.96. The molecular weight excluding hydrogens is 366 g/mol. The highest BCUT2D eigenvalue weighted by Crippen LogP contribution is 2.25. The number of nitrogens with one attached hydrogen (secondary N) is 1. The molecular formula is C20H21NO5S. The molecule has 0 unspecified atom stereocenters. The summed E-state index contributed by atoms with van der Waals surface area (Å²) in [4.78, 5) is 36.1. The molecule has 0 aromatic heterocycles. The summed E-state index contributed by atoms with van der Waals surface area (Å²) in [5.41, 5.74) is 1.58. The molecule has 0 saturated heterocycles. The van der Waals surface area contributed by atoms with Crippen LogP contribution in [0.4, 0.5) is 0 Å². The van der Waals surface area contributed by atoms with E-state index in [-0.39, 0.29) is 5.56 Å². The number of esters is 1. The zero-order chi connectivity index (χ0) is 19.8. The highest BCUT2D eigenvalue weighted by Gasteiger charge is 2.23. The molecule has 142 valence electrons. The Bertz CT molecular complexity index is 822. The zero-order valence-corrected chi connectivity index (χ0v) is 15.9. The molecule has 0 aliphatic rings. The monoisotopic (exact) mass is 387 g/mol. The molecule has 0 aliphatic heterocycles. The fourth-order valence-corrected chi connectivity index (χ4v) is 3.07. The van der Waals surface area contributed by atoms with Crippen molar-refractivity contribution >= 4 is 29.6 Å². The van der Waals surface area contributed by atoms with Crippen LogP contribution in [-0.4, -0.2) is 48.1 Å². The second-order valence-electron chi connectivity index (χ2n) is 5.76. The number of ether oxygens (including phenoxy) is 1. The molecule has 0 bridgehead atoms. The average molecular weight is 387 g/mol. The van der Waals surface area contributed by atoms with Crippen LogP contribution in [0.3, 0.4) is 0 Å². The predicted octanol–water partition coefficient (Wildman–Crippen LogP) is 3.08. The summed E-state index contributed by atoms with van der Waals surface area (Å²) in [6, 6.07) is 12.6. The normalized spacial score (nSPS) is 11.5. The first kappa shape index (κ1) is 20.5. The number of methoxy groups -OCH3 is 1. The second kappa shape index (κ2) is 9.78. The Morgan fingerprint density at radius 1 is 1.15 bits per heavy atom. The highest BCUT2D eigenvalue weighted by atomic mass is 32.2. The molecule has 1 atom stereocenters. The van der Waals surface area contributed by atoms with Crippen molar-refractivity contribution < 1.29 is 24.2 Å². The summed E-state index contributed by atoms with van der Waals surface area (Å²) < 4.78 is 4.77. The smallest absolute Gasteiger partial charge is 0.335 e. The molecule has 0 saturated carbocycles. The van der Waals surface area contributed by atoms with Gasteiger partial charge in [0.2, 0.25) is 0 Å². The molecule has 2 aromatic carbocycles. The minimum absolute atomic E-state index is 0.0808. The molecule has 0 radical (unpaired) electrons. The average Bonchev–Trinajstić information content (AvgIpc) is 2.70. The van der Waals surface area contributed by atoms with Crippen molar-refractivity contribution in [3.63, 3.8) is 0 Å². The van der Waals surface area contributed by atoms with Crippen LogP contribution >= 0.6 is 11.8 Å². The largest absolute Gasteiger partial charge is 0.478 e. The number of aromatic carboxylic acids is 1. The van der Waals surface area contributed by atoms with Gasteiger partial charge in [-0.15, -0.1) is 0 Å². The Morgan fingerprint density at radius 3 is 2.44 bits per heavy atom. The summed E-state index contributed by atoms with van der Waals surface area (Å²) in [6.45, 7) is 0. The standard InChI is InChI=1S/C20H21NO5S/c1-26-20(25)17(10-11-27-2)21-18(22)15-9-8-14(19(23)24)12-16(15)13-6-4-3-5-7-13/h3-9,12,17H,10-11H2,1-2H3,(H,21,22)(H,23,24)/t17-/m0/s1. The van der Waals surface area contributed by atoms with Crippen LogP contribution in [0.15, 0.2) is 48.5 Å². The Kier molecular flexibility index (Phi) is 7.43. The van der Waals surface area contributed by atoms with E-state index >= 15 is 0 Å². The minimum atomic E-state index is -1.08. The van der Waals surface area contributed by atoms with Crippen molar-refractivity contribution in [2.75, 3.05) is 19.1 Å². The molecule has 2 rings (SSSR count). The number of carboxylic acid groups (broad SMARTS) is 1. The third kappa shape index (κ3) is 5.34. The molecule has 0 aliphatic carbocycles. The number of amides is 1. The van der Waals surface area contributed by atoms with Gasteiger partial charge in [-0.2, -0.15) is 11.8 Å². The van der Waals surface area contributed by atoms with Gasteiger partial charge in [0.05, 0.1) is 12.7 Å². The molecule has 1 amide bonds. The van der Waals surface area contributed by atoms with E-state index in [4.69, 9.17) is 4.74 Å². The second-order valence-corrected chi connectivity index (χ2v) is 6.75. The van der Waals surface area contributed by atoms with Gasteiger partial charge in [0, 0.05) is 5.56 Å². The van der Waals surface area contributed by atoms with Gasteiger partial charge in [0.15, 0.2) is 0 Å². The summed E-state index contributed by atoms with van der Waals surface area (Å²) in [6.07, 6.45) is 2.35. The topological polar surface area (TPSA) is 92.7 Å². The molecule has 27 heavy (non-hydrogen) atoms. The first-order valence-electron chi connectivity index (χ1n) is 8.28. The number of hydrogen-bond donors (Lipinski definition) is 2. The maximum atomic E-state index is 12.8. The van der Waals surface area contributed by atoms with Gasteiger partial charge in [0.25, 0.3) is 5.91 Å². The lowest BCUT2D eigenvalue weighted by Gasteiger charge is -2.18. The maximum Gasteiger partial charge on any atom is 0.335 e. The number of rotatable bonds is 8. The highest BCUT2D eigenvalue weighted by molar-refractivity contribution is 7.98. The Balaban J connectivity index is 2.39. The molecule has 6 nitrogen and oxygen atoms in total. The zero-order valence-electron chi connectivity index (χ0n) is 15.1. The van der Waals surface area contributed by atoms with Gasteiger partial charge in [-0.3, -0.25) is 4.79 Å². The van der Waals surface area contributed by atoms with Crippen LogP contribution in [0.25, 0.3) is 11.1 Å². The first-order chi connectivity index (χ1) is 13.0. The number of carbonyl (C=O) groups excluding carboxylic acids is 2. The van der Waals surface area contributed by atoms with Crippen molar-refractivity contribution in [3.8, 4) is 11.1 Å². The van der Waals surface area contributed by atoms with E-state index in [1.807, 2.05) is 12.3 Å². The van der Waals surface area contributed by atoms with E-state index in [9.17, 15) is 19.5 Å². The quantitative estimate of drug-likeness (QED) is 0.676. The fraction of sp³-hybridized carbons (Fsp3) is 0.250. The third-order valence-corrected chi connectivity index (χ3v) is 4.64. The van der Waals surface area contributed by atoms with Gasteiger partial charge in [0.1, 0.15) is 6.04 Å². The van der Waals surface area contributed by atoms with E-state index in [2.05, 4.69) is 5.32 Å². The minimum Gasteiger partial charge on any atom is -0.478 e. The van der Waals surface area contributed by atoms with Crippen molar-refractivity contribution in [2.45, 2.75) is 12.5 Å². The Hall–Kier alpha value is -2.80. The van der Waals surface area contributed by atoms with Gasteiger partial charge >= 0.3 is 11.9 Å². The maximum absolute atomic E-state index is 12.8. The van der Waals surface area contributed by atoms with Crippen molar-refractivity contribution in [1.29, 1.82) is 0 Å². The molecule has 2 aromatic rings. The summed E-state index contributed by atoms with van der Waals surface area (Å²) in [5, 5.41) is 12.0. The van der Waals surface area contributed by atoms with Gasteiger partial charge in [-0.05, 0) is 47.8 Å². The summed E-state index contributed by atoms with van der Waals surface area (Å²) in [7, 11) is 1.28. The van der Waals surface area contributed by atoms with Crippen LogP contribution in [-0.2, 0) is 9.53 Å². The van der Waals surface area contributed by atoms with Gasteiger partial charge < -0.3 is 15.2 Å². The van der Waals surface area contributed by atoms with E-state index < -0.39 is 23.9 Å². The van der Waals surface area contributed by atoms with E-state index in [1.165, 1.54) is 25.3 Å².